The maximum Gasteiger partial charge on any atom is 0.244 e. The van der Waals surface area contributed by atoms with Gasteiger partial charge in [0.1, 0.15) is 17.7 Å². The monoisotopic (exact) mass is 438 g/mol. The summed E-state index contributed by atoms with van der Waals surface area (Å²) >= 11 is 1.71. The number of hydrogen-bond acceptors (Lipinski definition) is 4. The van der Waals surface area contributed by atoms with Gasteiger partial charge >= 0.3 is 0 Å². The van der Waals surface area contributed by atoms with Gasteiger partial charge in [-0.05, 0) is 77.8 Å². The zero-order chi connectivity index (χ0) is 22.1. The van der Waals surface area contributed by atoms with Crippen molar-refractivity contribution >= 4 is 23.3 Å². The lowest BCUT2D eigenvalue weighted by Gasteiger charge is -2.18. The summed E-state index contributed by atoms with van der Waals surface area (Å²) in [7, 11) is 2.10. The van der Waals surface area contributed by atoms with E-state index < -0.39 is 0 Å². The lowest BCUT2D eigenvalue weighted by Crippen LogP contribution is -2.32. The molecule has 0 fully saturated rings. The fourth-order valence-electron chi connectivity index (χ4n) is 3.14. The average Bonchev–Trinajstić information content (AvgIpc) is 3.24. The van der Waals surface area contributed by atoms with Gasteiger partial charge in [-0.3, -0.25) is 9.69 Å². The van der Waals surface area contributed by atoms with Gasteiger partial charge in [0.25, 0.3) is 0 Å². The van der Waals surface area contributed by atoms with Gasteiger partial charge in [-0.25, -0.2) is 4.39 Å². The van der Waals surface area contributed by atoms with Crippen LogP contribution in [0.2, 0.25) is 0 Å². The highest BCUT2D eigenvalue weighted by molar-refractivity contribution is 7.07. The molecule has 0 aliphatic carbocycles. The van der Waals surface area contributed by atoms with Gasteiger partial charge in [0.2, 0.25) is 5.91 Å². The van der Waals surface area contributed by atoms with Gasteiger partial charge in [0.05, 0.1) is 6.54 Å². The Kier molecular flexibility index (Phi) is 8.38. The molecule has 0 saturated carbocycles. The summed E-state index contributed by atoms with van der Waals surface area (Å²) in [6, 6.07) is 16.3. The molecule has 1 atom stereocenters. The molecule has 0 spiro atoms. The van der Waals surface area contributed by atoms with E-state index in [1.807, 2.05) is 25.1 Å². The van der Waals surface area contributed by atoms with Crippen LogP contribution in [-0.4, -0.2) is 30.5 Å². The number of benzene rings is 2. The molecule has 0 aliphatic heterocycles. The molecule has 3 rings (SSSR count). The van der Waals surface area contributed by atoms with Crippen LogP contribution in [0.25, 0.3) is 6.08 Å². The number of thiophene rings is 1. The van der Waals surface area contributed by atoms with Crippen LogP contribution in [0.15, 0.2) is 71.4 Å². The Balaban J connectivity index is 1.45. The molecular weight excluding hydrogens is 411 g/mol. The molecule has 31 heavy (non-hydrogen) atoms. The molecule has 1 amide bonds. The van der Waals surface area contributed by atoms with Crippen LogP contribution in [0, 0.1) is 5.82 Å². The summed E-state index contributed by atoms with van der Waals surface area (Å²) in [6.07, 6.45) is 2.79. The minimum Gasteiger partial charge on any atom is -0.489 e. The number of carbonyl (C=O) groups is 1. The van der Waals surface area contributed by atoms with Crippen LogP contribution >= 0.6 is 11.3 Å². The van der Waals surface area contributed by atoms with E-state index in [0.717, 1.165) is 18.8 Å². The summed E-state index contributed by atoms with van der Waals surface area (Å²) in [5.74, 6) is 0.200. The molecule has 6 heteroatoms. The van der Waals surface area contributed by atoms with E-state index in [0.29, 0.717) is 12.1 Å². The van der Waals surface area contributed by atoms with Crippen molar-refractivity contribution in [1.82, 2.24) is 10.2 Å². The summed E-state index contributed by atoms with van der Waals surface area (Å²) < 4.78 is 19.1. The van der Waals surface area contributed by atoms with Crippen LogP contribution < -0.4 is 10.1 Å². The Labute approximate surface area is 187 Å². The van der Waals surface area contributed by atoms with Gasteiger partial charge in [0, 0.05) is 19.2 Å². The summed E-state index contributed by atoms with van der Waals surface area (Å²) in [5, 5.41) is 7.07. The number of nitrogens with one attached hydrogen (secondary N) is 1. The lowest BCUT2D eigenvalue weighted by atomic mass is 10.2. The van der Waals surface area contributed by atoms with Crippen LogP contribution in [0.1, 0.15) is 23.6 Å². The van der Waals surface area contributed by atoms with E-state index in [4.69, 9.17) is 4.74 Å². The van der Waals surface area contributed by atoms with Gasteiger partial charge in [0.15, 0.2) is 0 Å². The number of halogens is 1. The third kappa shape index (κ3) is 8.00. The first-order chi connectivity index (χ1) is 15.0. The molecule has 3 aromatic rings. The van der Waals surface area contributed by atoms with Gasteiger partial charge in [-0.1, -0.05) is 24.3 Å². The Hall–Kier alpha value is -2.96. The molecule has 4 nitrogen and oxygen atoms in total. The zero-order valence-corrected chi connectivity index (χ0v) is 18.6. The quantitative estimate of drug-likeness (QED) is 0.447. The van der Waals surface area contributed by atoms with Crippen LogP contribution in [0.4, 0.5) is 4.39 Å². The highest BCUT2D eigenvalue weighted by atomic mass is 32.1. The van der Waals surface area contributed by atoms with Gasteiger partial charge in [-0.15, -0.1) is 0 Å². The van der Waals surface area contributed by atoms with Crippen molar-refractivity contribution in [3.8, 4) is 5.75 Å². The standard InChI is InChI=1S/C25H27FN2O2S/c1-19(15-27-25(29)10-9-20-5-3-7-23(26)13-20)30-24-8-4-6-21(14-24)16-28(2)17-22-11-12-31-18-22/h3-14,18-19H,15-17H2,1-2H3,(H,27,29)/b10-9+/t19-/m0/s1. The fraction of sp³-hybridized carbons (Fsp3) is 0.240. The van der Waals surface area contributed by atoms with Crippen LogP contribution in [0.3, 0.4) is 0 Å². The first-order valence-electron chi connectivity index (χ1n) is 10.1. The molecule has 0 aliphatic rings. The van der Waals surface area contributed by atoms with Crippen molar-refractivity contribution < 1.29 is 13.9 Å². The minimum atomic E-state index is -0.329. The molecule has 1 N–H and O–H groups in total. The molecule has 0 unspecified atom stereocenters. The SMILES string of the molecule is C[C@@H](CNC(=O)/C=C/c1cccc(F)c1)Oc1cccc(CN(C)Cc2ccsc2)c1. The number of amides is 1. The summed E-state index contributed by atoms with van der Waals surface area (Å²) in [4.78, 5) is 14.3. The maximum absolute atomic E-state index is 13.2. The third-order valence-corrected chi connectivity index (χ3v) is 5.29. The molecule has 1 aromatic heterocycles. The Bertz CT molecular complexity index is 1000. The Morgan fingerprint density at radius 3 is 2.74 bits per heavy atom. The second kappa shape index (κ2) is 11.4. The Morgan fingerprint density at radius 2 is 1.97 bits per heavy atom. The van der Waals surface area contributed by atoms with Crippen molar-refractivity contribution in [2.45, 2.75) is 26.1 Å². The summed E-state index contributed by atoms with van der Waals surface area (Å²) in [6.45, 7) is 4.00. The fourth-order valence-corrected chi connectivity index (χ4v) is 3.80. The molecule has 1 heterocycles. The third-order valence-electron chi connectivity index (χ3n) is 4.56. The van der Waals surface area contributed by atoms with Gasteiger partial charge in [-0.2, -0.15) is 11.3 Å². The maximum atomic E-state index is 13.2. The lowest BCUT2D eigenvalue weighted by molar-refractivity contribution is -0.116. The molecule has 0 saturated heterocycles. The topological polar surface area (TPSA) is 41.6 Å². The minimum absolute atomic E-state index is 0.190. The normalized spacial score (nSPS) is 12.3. The number of hydrogen-bond donors (Lipinski definition) is 1. The second-order valence-corrected chi connectivity index (χ2v) is 8.29. The van der Waals surface area contributed by atoms with Crippen molar-refractivity contribution in [2.75, 3.05) is 13.6 Å². The highest BCUT2D eigenvalue weighted by Gasteiger charge is 2.08. The van der Waals surface area contributed by atoms with Gasteiger partial charge < -0.3 is 10.1 Å². The van der Waals surface area contributed by atoms with E-state index in [2.05, 4.69) is 40.2 Å². The molecular formula is C25H27FN2O2S. The van der Waals surface area contributed by atoms with Crippen molar-refractivity contribution in [2.24, 2.45) is 0 Å². The summed E-state index contributed by atoms with van der Waals surface area (Å²) in [5.41, 5.74) is 3.13. The van der Waals surface area contributed by atoms with Crippen molar-refractivity contribution in [1.29, 1.82) is 0 Å². The first kappa shape index (κ1) is 22.7. The Morgan fingerprint density at radius 1 is 1.16 bits per heavy atom. The first-order valence-corrected chi connectivity index (χ1v) is 11.1. The van der Waals surface area contributed by atoms with E-state index >= 15 is 0 Å². The molecule has 2 aromatic carbocycles. The van der Waals surface area contributed by atoms with E-state index in [1.54, 1.807) is 29.5 Å². The van der Waals surface area contributed by atoms with Crippen LogP contribution in [0.5, 0.6) is 5.75 Å². The number of carbonyl (C=O) groups excluding carboxylic acids is 1. The average molecular weight is 439 g/mol. The number of ether oxygens (including phenoxy) is 1. The van der Waals surface area contributed by atoms with E-state index in [-0.39, 0.29) is 17.8 Å². The molecule has 0 radical (unpaired) electrons. The van der Waals surface area contributed by atoms with Crippen molar-refractivity contribution in [3.63, 3.8) is 0 Å². The zero-order valence-electron chi connectivity index (χ0n) is 17.8. The smallest absolute Gasteiger partial charge is 0.244 e. The predicted molar refractivity (Wildman–Crippen MR) is 124 cm³/mol. The number of rotatable bonds is 10. The van der Waals surface area contributed by atoms with Crippen molar-refractivity contribution in [3.05, 3.63) is 93.9 Å². The second-order valence-electron chi connectivity index (χ2n) is 7.51. The van der Waals surface area contributed by atoms with E-state index in [9.17, 15) is 9.18 Å². The predicted octanol–water partition coefficient (Wildman–Crippen LogP) is 5.12. The van der Waals surface area contributed by atoms with E-state index in [1.165, 1.54) is 29.3 Å². The molecule has 0 bridgehead atoms. The van der Waals surface area contributed by atoms with Crippen LogP contribution in [-0.2, 0) is 17.9 Å². The largest absolute Gasteiger partial charge is 0.489 e. The molecule has 162 valence electrons. The highest BCUT2D eigenvalue weighted by Crippen LogP contribution is 2.17. The number of nitrogens with zero attached hydrogens (tertiary/aromatic N) is 1.